The highest BCUT2D eigenvalue weighted by Crippen LogP contribution is 2.29. The van der Waals surface area contributed by atoms with Gasteiger partial charge in [-0.15, -0.1) is 0 Å². The van der Waals surface area contributed by atoms with Gasteiger partial charge in [-0.05, 0) is 22.6 Å². The first-order chi connectivity index (χ1) is 8.29. The molecule has 2 aromatic rings. The van der Waals surface area contributed by atoms with Gasteiger partial charge >= 0.3 is 0 Å². The van der Waals surface area contributed by atoms with Gasteiger partial charge in [0.25, 0.3) is 5.56 Å². The first-order valence-electron chi connectivity index (χ1n) is 5.58. The van der Waals surface area contributed by atoms with Crippen molar-refractivity contribution in [2.45, 2.75) is 26.2 Å². The topological polar surface area (TPSA) is 63.6 Å². The molecule has 0 aromatic carbocycles. The summed E-state index contributed by atoms with van der Waals surface area (Å²) in [4.78, 5) is 18.7. The summed E-state index contributed by atoms with van der Waals surface area (Å²) in [6.45, 7) is 6.26. The zero-order valence-electron chi connectivity index (χ0n) is 10.8. The average Bonchev–Trinajstić information content (AvgIpc) is 2.64. The van der Waals surface area contributed by atoms with Gasteiger partial charge in [-0.1, -0.05) is 20.8 Å². The van der Waals surface area contributed by atoms with E-state index >= 15 is 0 Å². The van der Waals surface area contributed by atoms with Crippen molar-refractivity contribution >= 4 is 22.6 Å². The second kappa shape index (κ2) is 4.49. The Balaban J connectivity index is 2.64. The molecular weight excluding hydrogens is 343 g/mol. The van der Waals surface area contributed by atoms with Crippen LogP contribution in [0.25, 0.3) is 11.4 Å². The minimum atomic E-state index is -0.121. The number of aryl methyl sites for hydroxylation is 1. The van der Waals surface area contributed by atoms with E-state index in [1.807, 2.05) is 35.8 Å². The van der Waals surface area contributed by atoms with Gasteiger partial charge in [-0.25, -0.2) is 4.98 Å². The number of hydrogen-bond donors (Lipinski definition) is 1. The Morgan fingerprint density at radius 3 is 2.61 bits per heavy atom. The van der Waals surface area contributed by atoms with Crippen LogP contribution in [-0.4, -0.2) is 19.7 Å². The molecule has 0 fully saturated rings. The van der Waals surface area contributed by atoms with Gasteiger partial charge in [0.05, 0.1) is 14.8 Å². The van der Waals surface area contributed by atoms with E-state index < -0.39 is 0 Å². The molecule has 0 amide bonds. The molecule has 0 radical (unpaired) electrons. The molecule has 96 valence electrons. The zero-order valence-corrected chi connectivity index (χ0v) is 12.9. The average molecular weight is 358 g/mol. The molecule has 2 heterocycles. The number of aromatic nitrogens is 4. The Morgan fingerprint density at radius 2 is 2.06 bits per heavy atom. The maximum Gasteiger partial charge on any atom is 0.264 e. The number of nitrogens with one attached hydrogen (secondary N) is 1. The van der Waals surface area contributed by atoms with E-state index in [1.54, 1.807) is 10.9 Å². The van der Waals surface area contributed by atoms with Crippen molar-refractivity contribution in [2.75, 3.05) is 0 Å². The lowest BCUT2D eigenvalue weighted by Gasteiger charge is -2.16. The maximum atomic E-state index is 11.7. The molecule has 5 nitrogen and oxygen atoms in total. The molecule has 2 aromatic heterocycles. The second-order valence-corrected chi connectivity index (χ2v) is 6.39. The number of H-pyrrole nitrogens is 1. The summed E-state index contributed by atoms with van der Waals surface area (Å²) in [5, 5.41) is 4.46. The number of hydrogen-bond acceptors (Lipinski definition) is 3. The van der Waals surface area contributed by atoms with Gasteiger partial charge in [0, 0.05) is 24.9 Å². The van der Waals surface area contributed by atoms with Crippen LogP contribution in [0.1, 0.15) is 26.5 Å². The van der Waals surface area contributed by atoms with Crippen molar-refractivity contribution in [1.29, 1.82) is 0 Å². The smallest absolute Gasteiger partial charge is 0.264 e. The highest BCUT2D eigenvalue weighted by atomic mass is 127. The summed E-state index contributed by atoms with van der Waals surface area (Å²) in [6.07, 6.45) is 3.46. The Labute approximate surface area is 119 Å². The molecule has 0 bridgehead atoms. The maximum absolute atomic E-state index is 11.7. The van der Waals surface area contributed by atoms with Gasteiger partial charge in [0.15, 0.2) is 0 Å². The molecule has 0 aliphatic rings. The third kappa shape index (κ3) is 2.47. The fourth-order valence-corrected chi connectivity index (χ4v) is 2.01. The fraction of sp³-hybridized carbons (Fsp3) is 0.417. The molecule has 0 saturated carbocycles. The van der Waals surface area contributed by atoms with Gasteiger partial charge in [-0.2, -0.15) is 5.10 Å². The SMILES string of the molecule is Cn1cc(-c2ncc(I)c(=O)[nH]2)c(C(C)(C)C)n1. The third-order valence-electron chi connectivity index (χ3n) is 2.55. The van der Waals surface area contributed by atoms with Crippen molar-refractivity contribution in [3.63, 3.8) is 0 Å². The van der Waals surface area contributed by atoms with E-state index in [-0.39, 0.29) is 11.0 Å². The minimum Gasteiger partial charge on any atom is -0.306 e. The third-order valence-corrected chi connectivity index (χ3v) is 3.32. The lowest BCUT2D eigenvalue weighted by atomic mass is 9.89. The molecule has 18 heavy (non-hydrogen) atoms. The molecule has 6 heteroatoms. The summed E-state index contributed by atoms with van der Waals surface area (Å²) in [6, 6.07) is 0. The first-order valence-corrected chi connectivity index (χ1v) is 6.66. The largest absolute Gasteiger partial charge is 0.306 e. The minimum absolute atomic E-state index is 0.0991. The predicted octanol–water partition coefficient (Wildman–Crippen LogP) is 2.07. The quantitative estimate of drug-likeness (QED) is 0.794. The Bertz CT molecular complexity index is 636. The van der Waals surface area contributed by atoms with Crippen molar-refractivity contribution in [1.82, 2.24) is 19.7 Å². The van der Waals surface area contributed by atoms with Crippen molar-refractivity contribution < 1.29 is 0 Å². The summed E-state index contributed by atoms with van der Waals surface area (Å²) in [5.74, 6) is 0.568. The molecule has 1 N–H and O–H groups in total. The van der Waals surface area contributed by atoms with E-state index in [4.69, 9.17) is 0 Å². The number of aromatic amines is 1. The van der Waals surface area contributed by atoms with Crippen molar-refractivity contribution in [3.8, 4) is 11.4 Å². The van der Waals surface area contributed by atoms with Crippen LogP contribution < -0.4 is 5.56 Å². The Hall–Kier alpha value is -1.18. The molecule has 0 atom stereocenters. The van der Waals surface area contributed by atoms with E-state index in [9.17, 15) is 4.79 Å². The summed E-state index contributed by atoms with van der Waals surface area (Å²) in [7, 11) is 1.86. The molecule has 0 aliphatic carbocycles. The normalized spacial score (nSPS) is 11.8. The van der Waals surface area contributed by atoms with Crippen LogP contribution in [0, 0.1) is 3.57 Å². The first kappa shape index (κ1) is 13.3. The molecule has 0 aliphatic heterocycles. The van der Waals surface area contributed by atoms with E-state index in [1.165, 1.54) is 0 Å². The lowest BCUT2D eigenvalue weighted by molar-refractivity contribution is 0.554. The highest BCUT2D eigenvalue weighted by molar-refractivity contribution is 14.1. The second-order valence-electron chi connectivity index (χ2n) is 5.22. The van der Waals surface area contributed by atoms with Gasteiger partial charge in [0.2, 0.25) is 0 Å². The fourth-order valence-electron chi connectivity index (χ4n) is 1.73. The molecule has 0 spiro atoms. The van der Waals surface area contributed by atoms with Crippen LogP contribution >= 0.6 is 22.6 Å². The summed E-state index contributed by atoms with van der Waals surface area (Å²) < 4.78 is 2.32. The highest BCUT2D eigenvalue weighted by Gasteiger charge is 2.23. The van der Waals surface area contributed by atoms with Crippen LogP contribution in [0.3, 0.4) is 0 Å². The van der Waals surface area contributed by atoms with Gasteiger partial charge < -0.3 is 4.98 Å². The van der Waals surface area contributed by atoms with E-state index in [2.05, 4.69) is 35.8 Å². The van der Waals surface area contributed by atoms with E-state index in [0.29, 0.717) is 9.39 Å². The monoisotopic (exact) mass is 358 g/mol. The number of rotatable bonds is 1. The van der Waals surface area contributed by atoms with Crippen LogP contribution in [0.2, 0.25) is 0 Å². The van der Waals surface area contributed by atoms with Gasteiger partial charge in [0.1, 0.15) is 5.82 Å². The molecular formula is C12H15IN4O. The predicted molar refractivity (Wildman–Crippen MR) is 78.5 cm³/mol. The molecule has 0 unspecified atom stereocenters. The van der Waals surface area contributed by atoms with Crippen molar-refractivity contribution in [3.05, 3.63) is 32.0 Å². The van der Waals surface area contributed by atoms with Crippen LogP contribution in [-0.2, 0) is 12.5 Å². The Morgan fingerprint density at radius 1 is 1.39 bits per heavy atom. The van der Waals surface area contributed by atoms with Crippen molar-refractivity contribution in [2.24, 2.45) is 7.05 Å². The number of nitrogens with zero attached hydrogens (tertiary/aromatic N) is 3. The Kier molecular flexibility index (Phi) is 3.31. The number of halogens is 1. The lowest BCUT2D eigenvalue weighted by Crippen LogP contribution is -2.16. The van der Waals surface area contributed by atoms with Crippen LogP contribution in [0.15, 0.2) is 17.2 Å². The molecule has 0 saturated heterocycles. The summed E-state index contributed by atoms with van der Waals surface area (Å²) in [5.41, 5.74) is 1.58. The standard InChI is InChI=1S/C12H15IN4O/c1-12(2,3)9-7(6-17(4)16-9)10-14-5-8(13)11(18)15-10/h5-6H,1-4H3,(H,14,15,18). The zero-order chi connectivity index (χ0) is 13.5. The van der Waals surface area contributed by atoms with Crippen LogP contribution in [0.4, 0.5) is 0 Å². The van der Waals surface area contributed by atoms with Gasteiger partial charge in [-0.3, -0.25) is 9.48 Å². The molecule has 2 rings (SSSR count). The summed E-state index contributed by atoms with van der Waals surface area (Å²) >= 11 is 1.96. The van der Waals surface area contributed by atoms with Crippen LogP contribution in [0.5, 0.6) is 0 Å². The van der Waals surface area contributed by atoms with E-state index in [0.717, 1.165) is 11.3 Å².